The molecule has 0 radical (unpaired) electrons. The van der Waals surface area contributed by atoms with E-state index in [4.69, 9.17) is 17.0 Å². The maximum absolute atomic E-state index is 13.0. The molecule has 0 heterocycles. The van der Waals surface area contributed by atoms with Gasteiger partial charge in [0.2, 0.25) is 5.91 Å². The van der Waals surface area contributed by atoms with E-state index in [9.17, 15) is 4.79 Å². The second kappa shape index (κ2) is 6.60. The number of hydrogen-bond donors (Lipinski definition) is 2. The fourth-order valence-electron chi connectivity index (χ4n) is 5.69. The number of nitrogens with one attached hydrogen (secondary N) is 2. The molecule has 1 amide bonds. The van der Waals surface area contributed by atoms with E-state index >= 15 is 0 Å². The lowest BCUT2D eigenvalue weighted by atomic mass is 9.49. The molecular weight excluding hydrogens is 332 g/mol. The van der Waals surface area contributed by atoms with Gasteiger partial charge in [-0.3, -0.25) is 4.79 Å². The number of carbonyl (C=O) groups excluding carboxylic acids is 1. The lowest BCUT2D eigenvalue weighted by Crippen LogP contribution is -2.55. The summed E-state index contributed by atoms with van der Waals surface area (Å²) < 4.78 is 5.35. The van der Waals surface area contributed by atoms with Crippen LogP contribution in [0, 0.1) is 23.2 Å². The van der Waals surface area contributed by atoms with Crippen molar-refractivity contribution in [1.29, 1.82) is 0 Å². The largest absolute Gasteiger partial charge is 0.496 e. The molecule has 0 saturated heterocycles. The predicted molar refractivity (Wildman–Crippen MR) is 101 cm³/mol. The zero-order valence-corrected chi connectivity index (χ0v) is 15.5. The third kappa shape index (κ3) is 3.26. The SMILES string of the molecule is COc1ccccc1CNC(=S)NC(=O)C12CC3CC(CC(C3)C1)C2. The van der Waals surface area contributed by atoms with Crippen molar-refractivity contribution in [3.05, 3.63) is 29.8 Å². The Kier molecular flexibility index (Phi) is 4.44. The molecule has 0 unspecified atom stereocenters. The molecule has 2 N–H and O–H groups in total. The minimum absolute atomic E-state index is 0.143. The van der Waals surface area contributed by atoms with Gasteiger partial charge in [-0.2, -0.15) is 0 Å². The smallest absolute Gasteiger partial charge is 0.232 e. The van der Waals surface area contributed by atoms with Gasteiger partial charge >= 0.3 is 0 Å². The molecule has 5 rings (SSSR count). The lowest BCUT2D eigenvalue weighted by Gasteiger charge is -2.55. The molecule has 4 aliphatic carbocycles. The minimum atomic E-state index is -0.162. The molecule has 0 atom stereocenters. The standard InChI is InChI=1S/C20H26N2O2S/c1-24-17-5-3-2-4-16(17)12-21-19(25)22-18(23)20-9-13-6-14(10-20)8-15(7-13)11-20/h2-5,13-15H,6-12H2,1H3,(H2,21,22,23,25). The molecule has 0 spiro atoms. The van der Waals surface area contributed by atoms with Gasteiger partial charge in [-0.25, -0.2) is 0 Å². The highest BCUT2D eigenvalue weighted by Gasteiger charge is 2.54. The third-order valence-electron chi connectivity index (χ3n) is 6.38. The Labute approximate surface area is 154 Å². The van der Waals surface area contributed by atoms with Crippen molar-refractivity contribution in [3.63, 3.8) is 0 Å². The normalized spacial score (nSPS) is 32.3. The van der Waals surface area contributed by atoms with Crippen LogP contribution in [0.3, 0.4) is 0 Å². The second-order valence-electron chi connectivity index (χ2n) is 8.15. The Morgan fingerprint density at radius 1 is 1.16 bits per heavy atom. The van der Waals surface area contributed by atoms with E-state index in [0.29, 0.717) is 11.7 Å². The summed E-state index contributed by atoms with van der Waals surface area (Å²) in [7, 11) is 1.66. The van der Waals surface area contributed by atoms with E-state index < -0.39 is 0 Å². The monoisotopic (exact) mass is 358 g/mol. The summed E-state index contributed by atoms with van der Waals surface area (Å²) in [6.45, 7) is 0.546. The molecule has 4 nitrogen and oxygen atoms in total. The highest BCUT2D eigenvalue weighted by molar-refractivity contribution is 7.80. The Morgan fingerprint density at radius 2 is 1.76 bits per heavy atom. The summed E-state index contributed by atoms with van der Waals surface area (Å²) in [4.78, 5) is 13.0. The number of hydrogen-bond acceptors (Lipinski definition) is 3. The van der Waals surface area contributed by atoms with E-state index in [-0.39, 0.29) is 11.3 Å². The van der Waals surface area contributed by atoms with Gasteiger partial charge in [-0.05, 0) is 74.6 Å². The number of carbonyl (C=O) groups is 1. The van der Waals surface area contributed by atoms with Crippen molar-refractivity contribution in [3.8, 4) is 5.75 Å². The summed E-state index contributed by atoms with van der Waals surface area (Å²) in [6.07, 6.45) is 7.18. The Morgan fingerprint density at radius 3 is 2.36 bits per heavy atom. The van der Waals surface area contributed by atoms with Crippen LogP contribution >= 0.6 is 12.2 Å². The third-order valence-corrected chi connectivity index (χ3v) is 6.63. The number of ether oxygens (including phenoxy) is 1. The molecule has 1 aromatic rings. The Hall–Kier alpha value is -1.62. The lowest BCUT2D eigenvalue weighted by molar-refractivity contribution is -0.144. The average Bonchev–Trinajstić information content (AvgIpc) is 2.59. The summed E-state index contributed by atoms with van der Waals surface area (Å²) >= 11 is 5.38. The molecule has 0 aromatic heterocycles. The van der Waals surface area contributed by atoms with Crippen LogP contribution in [-0.2, 0) is 11.3 Å². The molecule has 4 bridgehead atoms. The van der Waals surface area contributed by atoms with Gasteiger partial charge in [0.05, 0.1) is 12.5 Å². The van der Waals surface area contributed by atoms with Crippen molar-refractivity contribution >= 4 is 23.2 Å². The van der Waals surface area contributed by atoms with E-state index in [2.05, 4.69) is 10.6 Å². The van der Waals surface area contributed by atoms with Gasteiger partial charge < -0.3 is 15.4 Å². The fraction of sp³-hybridized carbons (Fsp3) is 0.600. The van der Waals surface area contributed by atoms with E-state index in [0.717, 1.165) is 48.3 Å². The van der Waals surface area contributed by atoms with Crippen LogP contribution < -0.4 is 15.4 Å². The van der Waals surface area contributed by atoms with Crippen LogP contribution in [0.5, 0.6) is 5.75 Å². The van der Waals surface area contributed by atoms with Crippen LogP contribution in [0.25, 0.3) is 0 Å². The average molecular weight is 359 g/mol. The molecule has 4 aliphatic rings. The van der Waals surface area contributed by atoms with Crippen LogP contribution in [0.4, 0.5) is 0 Å². The molecule has 134 valence electrons. The summed E-state index contributed by atoms with van der Waals surface area (Å²) in [5.41, 5.74) is 0.863. The first-order chi connectivity index (χ1) is 12.1. The highest BCUT2D eigenvalue weighted by Crippen LogP contribution is 2.60. The maximum atomic E-state index is 13.0. The van der Waals surface area contributed by atoms with E-state index in [1.165, 1.54) is 19.3 Å². The van der Waals surface area contributed by atoms with Crippen LogP contribution in [-0.4, -0.2) is 18.1 Å². The Balaban J connectivity index is 1.36. The summed E-state index contributed by atoms with van der Waals surface area (Å²) in [5.74, 6) is 3.24. The first kappa shape index (κ1) is 16.8. The van der Waals surface area contributed by atoms with Gasteiger partial charge in [-0.1, -0.05) is 18.2 Å². The molecular formula is C20H26N2O2S. The zero-order chi connectivity index (χ0) is 17.4. The van der Waals surface area contributed by atoms with E-state index in [1.54, 1.807) is 7.11 Å². The van der Waals surface area contributed by atoms with Crippen LogP contribution in [0.1, 0.15) is 44.1 Å². The minimum Gasteiger partial charge on any atom is -0.496 e. The Bertz CT molecular complexity index is 653. The first-order valence-electron chi connectivity index (χ1n) is 9.29. The molecule has 4 fully saturated rings. The van der Waals surface area contributed by atoms with Gasteiger partial charge in [0.1, 0.15) is 5.75 Å². The van der Waals surface area contributed by atoms with Crippen LogP contribution in [0.15, 0.2) is 24.3 Å². The molecule has 5 heteroatoms. The molecule has 1 aromatic carbocycles. The summed E-state index contributed by atoms with van der Waals surface area (Å²) in [6, 6.07) is 7.83. The number of amides is 1. The van der Waals surface area contributed by atoms with Crippen molar-refractivity contribution in [1.82, 2.24) is 10.6 Å². The molecule has 0 aliphatic heterocycles. The fourth-order valence-corrected chi connectivity index (χ4v) is 5.86. The predicted octanol–water partition coefficient (Wildman–Crippen LogP) is 3.40. The van der Waals surface area contributed by atoms with Crippen molar-refractivity contribution in [2.45, 2.75) is 45.1 Å². The van der Waals surface area contributed by atoms with Gasteiger partial charge in [0.25, 0.3) is 0 Å². The zero-order valence-electron chi connectivity index (χ0n) is 14.7. The maximum Gasteiger partial charge on any atom is 0.232 e. The second-order valence-corrected chi connectivity index (χ2v) is 8.55. The van der Waals surface area contributed by atoms with Gasteiger partial charge in [0.15, 0.2) is 5.11 Å². The quantitative estimate of drug-likeness (QED) is 0.810. The van der Waals surface area contributed by atoms with Gasteiger partial charge in [-0.15, -0.1) is 0 Å². The van der Waals surface area contributed by atoms with Crippen molar-refractivity contribution in [2.24, 2.45) is 23.2 Å². The van der Waals surface area contributed by atoms with E-state index in [1.807, 2.05) is 24.3 Å². The van der Waals surface area contributed by atoms with Crippen molar-refractivity contribution in [2.75, 3.05) is 7.11 Å². The number of benzene rings is 1. The molecule has 4 saturated carbocycles. The number of para-hydroxylation sites is 1. The summed E-state index contributed by atoms with van der Waals surface area (Å²) in [5, 5.41) is 6.56. The number of thiocarbonyl (C=S) groups is 1. The van der Waals surface area contributed by atoms with Crippen molar-refractivity contribution < 1.29 is 9.53 Å². The van der Waals surface area contributed by atoms with Gasteiger partial charge in [0, 0.05) is 12.1 Å². The number of rotatable bonds is 4. The van der Waals surface area contributed by atoms with Crippen LogP contribution in [0.2, 0.25) is 0 Å². The first-order valence-corrected chi connectivity index (χ1v) is 9.70. The topological polar surface area (TPSA) is 50.4 Å². The molecule has 25 heavy (non-hydrogen) atoms. The number of methoxy groups -OCH3 is 1. The highest BCUT2D eigenvalue weighted by atomic mass is 32.1.